The zero-order valence-electron chi connectivity index (χ0n) is 15.5. The molecule has 0 saturated carbocycles. The van der Waals surface area contributed by atoms with Crippen molar-refractivity contribution in [3.63, 3.8) is 0 Å². The van der Waals surface area contributed by atoms with Crippen molar-refractivity contribution in [1.82, 2.24) is 15.5 Å². The summed E-state index contributed by atoms with van der Waals surface area (Å²) in [5, 5.41) is 9.03. The van der Waals surface area contributed by atoms with Gasteiger partial charge < -0.3 is 20.1 Å². The first kappa shape index (κ1) is 20.2. The predicted octanol–water partition coefficient (Wildman–Crippen LogP) is 2.10. The Balaban J connectivity index is 1.77. The summed E-state index contributed by atoms with van der Waals surface area (Å²) in [5.74, 6) is 0.867. The number of nitrogens with zero attached hydrogens (tertiary/aromatic N) is 2. The number of hydrogen-bond donors (Lipinski definition) is 2. The van der Waals surface area contributed by atoms with Crippen LogP contribution in [0.25, 0.3) is 0 Å². The summed E-state index contributed by atoms with van der Waals surface area (Å²) >= 11 is 1.82. The van der Waals surface area contributed by atoms with Gasteiger partial charge in [-0.2, -0.15) is 0 Å². The molecule has 1 atom stereocenters. The topological polar surface area (TPSA) is 58.1 Å². The monoisotopic (exact) mass is 368 g/mol. The molecule has 0 radical (unpaired) electrons. The largest absolute Gasteiger partial charge is 0.382 e. The van der Waals surface area contributed by atoms with Gasteiger partial charge in [0, 0.05) is 51.3 Å². The van der Waals surface area contributed by atoms with Gasteiger partial charge >= 0.3 is 0 Å². The molecule has 1 unspecified atom stereocenters. The van der Waals surface area contributed by atoms with Crippen molar-refractivity contribution in [3.8, 4) is 0 Å². The summed E-state index contributed by atoms with van der Waals surface area (Å²) in [5.41, 5.74) is 0. The van der Waals surface area contributed by atoms with E-state index in [0.29, 0.717) is 6.04 Å². The summed E-state index contributed by atoms with van der Waals surface area (Å²) in [6.45, 7) is 9.00. The number of unbranched alkanes of at least 4 members (excludes halogenated alkanes) is 1. The molecule has 7 heteroatoms. The van der Waals surface area contributed by atoms with Crippen molar-refractivity contribution < 1.29 is 9.47 Å². The molecule has 1 fully saturated rings. The average molecular weight is 369 g/mol. The fourth-order valence-corrected chi connectivity index (χ4v) is 3.73. The average Bonchev–Trinajstić information content (AvgIpc) is 3.18. The molecular weight excluding hydrogens is 336 g/mol. The van der Waals surface area contributed by atoms with Crippen molar-refractivity contribution in [3.05, 3.63) is 22.4 Å². The lowest BCUT2D eigenvalue weighted by Gasteiger charge is -2.34. The Morgan fingerprint density at radius 1 is 1.36 bits per heavy atom. The minimum absolute atomic E-state index is 0.361. The summed E-state index contributed by atoms with van der Waals surface area (Å²) in [4.78, 5) is 8.23. The first-order valence-electron chi connectivity index (χ1n) is 9.22. The van der Waals surface area contributed by atoms with E-state index in [9.17, 15) is 0 Å². The molecule has 1 aromatic rings. The van der Waals surface area contributed by atoms with Crippen LogP contribution >= 0.6 is 11.3 Å². The molecule has 2 N–H and O–H groups in total. The molecular formula is C18H32N4O2S. The number of guanidine groups is 1. The van der Waals surface area contributed by atoms with Crippen LogP contribution < -0.4 is 10.6 Å². The Hall–Kier alpha value is -1.15. The van der Waals surface area contributed by atoms with Gasteiger partial charge in [-0.15, -0.1) is 11.3 Å². The zero-order valence-corrected chi connectivity index (χ0v) is 16.3. The third kappa shape index (κ3) is 7.32. The number of ether oxygens (including phenoxy) is 2. The molecule has 0 aliphatic carbocycles. The van der Waals surface area contributed by atoms with E-state index in [1.807, 2.05) is 25.3 Å². The van der Waals surface area contributed by atoms with Gasteiger partial charge in [0.15, 0.2) is 5.96 Å². The van der Waals surface area contributed by atoms with Crippen molar-refractivity contribution in [1.29, 1.82) is 0 Å². The maximum Gasteiger partial charge on any atom is 0.191 e. The van der Waals surface area contributed by atoms with E-state index in [2.05, 4.69) is 38.0 Å². The molecule has 2 rings (SSSR count). The Morgan fingerprint density at radius 2 is 2.20 bits per heavy atom. The molecule has 1 aliphatic heterocycles. The summed E-state index contributed by atoms with van der Waals surface area (Å²) in [6.07, 6.45) is 2.15. The highest BCUT2D eigenvalue weighted by Crippen LogP contribution is 2.25. The molecule has 1 aromatic heterocycles. The lowest BCUT2D eigenvalue weighted by molar-refractivity contribution is 0.0177. The van der Waals surface area contributed by atoms with Crippen molar-refractivity contribution >= 4 is 17.3 Å². The molecule has 6 nitrogen and oxygen atoms in total. The van der Waals surface area contributed by atoms with E-state index >= 15 is 0 Å². The predicted molar refractivity (Wildman–Crippen MR) is 105 cm³/mol. The van der Waals surface area contributed by atoms with Crippen LogP contribution in [0.15, 0.2) is 22.5 Å². The van der Waals surface area contributed by atoms with Gasteiger partial charge in [0.25, 0.3) is 0 Å². The fraction of sp³-hybridized carbons (Fsp3) is 0.722. The second-order valence-electron chi connectivity index (χ2n) is 5.96. The van der Waals surface area contributed by atoms with Crippen molar-refractivity contribution in [2.45, 2.75) is 25.8 Å². The maximum absolute atomic E-state index is 5.50. The van der Waals surface area contributed by atoms with E-state index in [1.54, 1.807) is 0 Å². The molecule has 0 bridgehead atoms. The van der Waals surface area contributed by atoms with Crippen LogP contribution in [0.3, 0.4) is 0 Å². The standard InChI is InChI=1S/C18H32N4O2S/c1-3-23-11-5-4-8-20-18(19-2)21-15-16(17-7-6-14-25-17)22-9-12-24-13-10-22/h6-7,14,16H,3-5,8-13,15H2,1-2H3,(H2,19,20,21). The lowest BCUT2D eigenvalue weighted by atomic mass is 10.2. The lowest BCUT2D eigenvalue weighted by Crippen LogP contribution is -2.46. The smallest absolute Gasteiger partial charge is 0.191 e. The molecule has 0 spiro atoms. The quantitative estimate of drug-likeness (QED) is 0.376. The Bertz CT molecular complexity index is 475. The van der Waals surface area contributed by atoms with Gasteiger partial charge in [0.2, 0.25) is 0 Å². The number of morpholine rings is 1. The molecule has 0 amide bonds. The minimum Gasteiger partial charge on any atom is -0.382 e. The highest BCUT2D eigenvalue weighted by atomic mass is 32.1. The van der Waals surface area contributed by atoms with Gasteiger partial charge in [-0.05, 0) is 31.2 Å². The summed E-state index contributed by atoms with van der Waals surface area (Å²) < 4.78 is 10.9. The SMILES string of the molecule is CCOCCCCNC(=NC)NCC(c1cccs1)N1CCOCC1. The number of nitrogens with one attached hydrogen (secondary N) is 2. The van der Waals surface area contributed by atoms with E-state index in [1.165, 1.54) is 4.88 Å². The summed E-state index contributed by atoms with van der Waals surface area (Å²) in [7, 11) is 1.82. The second-order valence-corrected chi connectivity index (χ2v) is 6.94. The van der Waals surface area contributed by atoms with Gasteiger partial charge in [-0.25, -0.2) is 0 Å². The third-order valence-electron chi connectivity index (χ3n) is 4.26. The third-order valence-corrected chi connectivity index (χ3v) is 5.23. The van der Waals surface area contributed by atoms with Crippen molar-refractivity contribution in [2.24, 2.45) is 4.99 Å². The van der Waals surface area contributed by atoms with Gasteiger partial charge in [0.05, 0.1) is 19.3 Å². The Morgan fingerprint density at radius 3 is 2.88 bits per heavy atom. The maximum atomic E-state index is 5.50. The van der Waals surface area contributed by atoms with E-state index in [-0.39, 0.29) is 0 Å². The number of rotatable bonds is 10. The van der Waals surface area contributed by atoms with Crippen LogP contribution in [0.5, 0.6) is 0 Å². The highest BCUT2D eigenvalue weighted by molar-refractivity contribution is 7.10. The van der Waals surface area contributed by atoms with Gasteiger partial charge in [0.1, 0.15) is 0 Å². The van der Waals surface area contributed by atoms with E-state index < -0.39 is 0 Å². The minimum atomic E-state index is 0.361. The highest BCUT2D eigenvalue weighted by Gasteiger charge is 2.23. The Labute approximate surface area is 155 Å². The first-order valence-corrected chi connectivity index (χ1v) is 10.1. The van der Waals surface area contributed by atoms with E-state index in [0.717, 1.165) is 71.4 Å². The van der Waals surface area contributed by atoms with Crippen LogP contribution in [0.4, 0.5) is 0 Å². The normalized spacial score (nSPS) is 17.4. The number of aliphatic imine (C=N–C) groups is 1. The molecule has 25 heavy (non-hydrogen) atoms. The van der Waals surface area contributed by atoms with Crippen LogP contribution in [0.2, 0.25) is 0 Å². The zero-order chi connectivity index (χ0) is 17.7. The van der Waals surface area contributed by atoms with Gasteiger partial charge in [-0.1, -0.05) is 6.07 Å². The van der Waals surface area contributed by atoms with Crippen LogP contribution in [-0.2, 0) is 9.47 Å². The van der Waals surface area contributed by atoms with Crippen LogP contribution in [0.1, 0.15) is 30.7 Å². The van der Waals surface area contributed by atoms with Crippen molar-refractivity contribution in [2.75, 3.05) is 59.7 Å². The molecule has 142 valence electrons. The summed E-state index contributed by atoms with van der Waals surface area (Å²) in [6, 6.07) is 4.70. The molecule has 1 aliphatic rings. The van der Waals surface area contributed by atoms with Crippen LogP contribution in [-0.4, -0.2) is 70.5 Å². The molecule has 1 saturated heterocycles. The number of thiophene rings is 1. The van der Waals surface area contributed by atoms with E-state index in [4.69, 9.17) is 9.47 Å². The van der Waals surface area contributed by atoms with Crippen LogP contribution in [0, 0.1) is 0 Å². The molecule has 0 aromatic carbocycles. The first-order chi connectivity index (χ1) is 12.3. The fourth-order valence-electron chi connectivity index (χ4n) is 2.87. The van der Waals surface area contributed by atoms with Gasteiger partial charge in [-0.3, -0.25) is 9.89 Å². The molecule has 2 heterocycles. The number of hydrogen-bond acceptors (Lipinski definition) is 5. The second kappa shape index (κ2) is 12.2. The Kier molecular flexibility index (Phi) is 9.88.